The molecule has 21 heavy (non-hydrogen) atoms. The first-order valence-electron chi connectivity index (χ1n) is 7.85. The summed E-state index contributed by atoms with van der Waals surface area (Å²) in [6.07, 6.45) is 1.11. The second kappa shape index (κ2) is 5.49. The van der Waals surface area contributed by atoms with Crippen LogP contribution in [0.15, 0.2) is 28.7 Å². The highest BCUT2D eigenvalue weighted by atomic mass is 16.3. The summed E-state index contributed by atoms with van der Waals surface area (Å²) in [6.45, 7) is 15.7. The van der Waals surface area contributed by atoms with E-state index in [1.165, 1.54) is 10.9 Å². The molecule has 0 aliphatic rings. The van der Waals surface area contributed by atoms with Crippen LogP contribution in [-0.4, -0.2) is 5.54 Å². The van der Waals surface area contributed by atoms with Gasteiger partial charge in [-0.25, -0.2) is 0 Å². The van der Waals surface area contributed by atoms with Crippen LogP contribution in [-0.2, 0) is 0 Å². The number of rotatable bonds is 4. The SMILES string of the molecule is Cc1c(C(C)NC(C)(C)CC(C)(C)C)oc2ccccc12. The summed E-state index contributed by atoms with van der Waals surface area (Å²) >= 11 is 0. The van der Waals surface area contributed by atoms with Gasteiger partial charge in [0.25, 0.3) is 0 Å². The molecule has 1 aromatic carbocycles. The van der Waals surface area contributed by atoms with E-state index in [9.17, 15) is 0 Å². The van der Waals surface area contributed by atoms with Gasteiger partial charge in [0.2, 0.25) is 0 Å². The lowest BCUT2D eigenvalue weighted by Gasteiger charge is -2.35. The number of aryl methyl sites for hydroxylation is 1. The van der Waals surface area contributed by atoms with Crippen molar-refractivity contribution in [1.82, 2.24) is 5.32 Å². The van der Waals surface area contributed by atoms with Gasteiger partial charge >= 0.3 is 0 Å². The first-order valence-corrected chi connectivity index (χ1v) is 7.85. The lowest BCUT2D eigenvalue weighted by atomic mass is 9.81. The highest BCUT2D eigenvalue weighted by molar-refractivity contribution is 5.82. The number of hydrogen-bond donors (Lipinski definition) is 1. The molecule has 0 aliphatic heterocycles. The van der Waals surface area contributed by atoms with Crippen molar-refractivity contribution in [3.8, 4) is 0 Å². The fraction of sp³-hybridized carbons (Fsp3) is 0.579. The third-order valence-corrected chi connectivity index (χ3v) is 3.85. The van der Waals surface area contributed by atoms with Crippen LogP contribution in [0.25, 0.3) is 11.0 Å². The number of furan rings is 1. The molecule has 2 aromatic rings. The Morgan fingerprint density at radius 1 is 1.10 bits per heavy atom. The zero-order chi connectivity index (χ0) is 15.8. The van der Waals surface area contributed by atoms with Gasteiger partial charge in [0, 0.05) is 10.9 Å². The van der Waals surface area contributed by atoms with Gasteiger partial charge in [-0.2, -0.15) is 0 Å². The van der Waals surface area contributed by atoms with Gasteiger partial charge in [0.05, 0.1) is 6.04 Å². The van der Waals surface area contributed by atoms with Crippen LogP contribution in [0, 0.1) is 12.3 Å². The molecule has 1 unspecified atom stereocenters. The summed E-state index contributed by atoms with van der Waals surface area (Å²) in [5.41, 5.74) is 2.60. The van der Waals surface area contributed by atoms with E-state index in [1.807, 2.05) is 12.1 Å². The molecule has 1 heterocycles. The van der Waals surface area contributed by atoms with Crippen LogP contribution in [0.4, 0.5) is 0 Å². The fourth-order valence-corrected chi connectivity index (χ4v) is 3.63. The Bertz CT molecular complexity index is 616. The molecule has 0 fully saturated rings. The summed E-state index contributed by atoms with van der Waals surface area (Å²) < 4.78 is 6.07. The van der Waals surface area contributed by atoms with Crippen LogP contribution < -0.4 is 5.32 Å². The molecule has 0 saturated heterocycles. The molecule has 1 aromatic heterocycles. The average molecular weight is 287 g/mol. The summed E-state index contributed by atoms with van der Waals surface area (Å²) in [4.78, 5) is 0. The molecule has 0 aliphatic carbocycles. The van der Waals surface area contributed by atoms with E-state index in [1.54, 1.807) is 0 Å². The molecule has 1 atom stereocenters. The third-order valence-electron chi connectivity index (χ3n) is 3.85. The third kappa shape index (κ3) is 3.88. The topological polar surface area (TPSA) is 25.2 Å². The predicted octanol–water partition coefficient (Wildman–Crippen LogP) is 5.61. The maximum atomic E-state index is 6.07. The zero-order valence-corrected chi connectivity index (χ0v) is 14.5. The van der Waals surface area contributed by atoms with Crippen LogP contribution >= 0.6 is 0 Å². The van der Waals surface area contributed by atoms with E-state index >= 15 is 0 Å². The molecule has 0 bridgehead atoms. The van der Waals surface area contributed by atoms with Crippen LogP contribution in [0.3, 0.4) is 0 Å². The summed E-state index contributed by atoms with van der Waals surface area (Å²) in [5, 5.41) is 4.95. The van der Waals surface area contributed by atoms with Gasteiger partial charge in [-0.05, 0) is 51.2 Å². The van der Waals surface area contributed by atoms with Crippen molar-refractivity contribution in [2.24, 2.45) is 5.41 Å². The molecular weight excluding hydrogens is 258 g/mol. The van der Waals surface area contributed by atoms with Crippen molar-refractivity contribution in [2.45, 2.75) is 66.5 Å². The van der Waals surface area contributed by atoms with E-state index in [4.69, 9.17) is 4.42 Å². The van der Waals surface area contributed by atoms with E-state index in [2.05, 4.69) is 65.9 Å². The summed E-state index contributed by atoms with van der Waals surface area (Å²) in [6, 6.07) is 8.46. The molecule has 116 valence electrons. The van der Waals surface area contributed by atoms with Gasteiger partial charge < -0.3 is 9.73 Å². The Labute approximate surface area is 128 Å². The normalized spacial score (nSPS) is 14.6. The Morgan fingerprint density at radius 3 is 2.29 bits per heavy atom. The van der Waals surface area contributed by atoms with Crippen LogP contribution in [0.2, 0.25) is 0 Å². The molecule has 2 nitrogen and oxygen atoms in total. The second-order valence-corrected chi connectivity index (χ2v) is 8.07. The minimum Gasteiger partial charge on any atom is -0.459 e. The van der Waals surface area contributed by atoms with E-state index in [0.717, 1.165) is 17.8 Å². The van der Waals surface area contributed by atoms with E-state index in [0.29, 0.717) is 5.41 Å². The van der Waals surface area contributed by atoms with Gasteiger partial charge in [-0.1, -0.05) is 39.0 Å². The van der Waals surface area contributed by atoms with Crippen molar-refractivity contribution in [3.63, 3.8) is 0 Å². The monoisotopic (exact) mass is 287 g/mol. The molecule has 0 saturated carbocycles. The fourth-order valence-electron chi connectivity index (χ4n) is 3.63. The van der Waals surface area contributed by atoms with Crippen molar-refractivity contribution >= 4 is 11.0 Å². The van der Waals surface area contributed by atoms with Gasteiger partial charge in [-0.15, -0.1) is 0 Å². The number of hydrogen-bond acceptors (Lipinski definition) is 2. The Morgan fingerprint density at radius 2 is 1.71 bits per heavy atom. The zero-order valence-electron chi connectivity index (χ0n) is 14.5. The first-order chi connectivity index (χ1) is 9.59. The molecule has 1 N–H and O–H groups in total. The van der Waals surface area contributed by atoms with Crippen LogP contribution in [0.5, 0.6) is 0 Å². The van der Waals surface area contributed by atoms with Gasteiger partial charge in [0.1, 0.15) is 11.3 Å². The number of nitrogens with one attached hydrogen (secondary N) is 1. The standard InChI is InChI=1S/C19H29NO/c1-13-15-10-8-9-11-16(15)21-17(13)14(2)20-19(6,7)12-18(3,4)5/h8-11,14,20H,12H2,1-7H3. The predicted molar refractivity (Wildman–Crippen MR) is 90.7 cm³/mol. The highest BCUT2D eigenvalue weighted by Gasteiger charge is 2.28. The minimum atomic E-state index is 0.0725. The lowest BCUT2D eigenvalue weighted by molar-refractivity contribution is 0.219. The van der Waals surface area contributed by atoms with Crippen molar-refractivity contribution in [3.05, 3.63) is 35.6 Å². The Hall–Kier alpha value is -1.28. The maximum Gasteiger partial charge on any atom is 0.134 e. The number of fused-ring (bicyclic) bond motifs is 1. The molecule has 0 amide bonds. The average Bonchev–Trinajstić information content (AvgIpc) is 2.64. The lowest BCUT2D eigenvalue weighted by Crippen LogP contribution is -2.43. The molecule has 2 heteroatoms. The quantitative estimate of drug-likeness (QED) is 0.791. The maximum absolute atomic E-state index is 6.07. The minimum absolute atomic E-state index is 0.0725. The second-order valence-electron chi connectivity index (χ2n) is 8.07. The first kappa shape index (κ1) is 16.1. The number of benzene rings is 1. The van der Waals surface area contributed by atoms with Gasteiger partial charge in [0.15, 0.2) is 0 Å². The summed E-state index contributed by atoms with van der Waals surface area (Å²) in [5.74, 6) is 1.05. The Balaban J connectivity index is 2.22. The smallest absolute Gasteiger partial charge is 0.134 e. The Kier molecular flexibility index (Phi) is 4.21. The highest BCUT2D eigenvalue weighted by Crippen LogP contribution is 2.32. The van der Waals surface area contributed by atoms with Crippen molar-refractivity contribution < 1.29 is 4.42 Å². The van der Waals surface area contributed by atoms with E-state index in [-0.39, 0.29) is 11.6 Å². The molecule has 0 spiro atoms. The largest absolute Gasteiger partial charge is 0.459 e. The van der Waals surface area contributed by atoms with Crippen molar-refractivity contribution in [2.75, 3.05) is 0 Å². The van der Waals surface area contributed by atoms with E-state index < -0.39 is 0 Å². The summed E-state index contributed by atoms with van der Waals surface area (Å²) in [7, 11) is 0. The molecule has 2 rings (SSSR count). The number of para-hydroxylation sites is 1. The van der Waals surface area contributed by atoms with Gasteiger partial charge in [-0.3, -0.25) is 0 Å². The van der Waals surface area contributed by atoms with Crippen LogP contribution in [0.1, 0.15) is 65.3 Å². The molecule has 0 radical (unpaired) electrons. The van der Waals surface area contributed by atoms with Crippen molar-refractivity contribution in [1.29, 1.82) is 0 Å². The molecular formula is C19H29NO.